The number of halogens is 3. The lowest BCUT2D eigenvalue weighted by atomic mass is 10.3. The number of nitrogens with zero attached hydrogens (tertiary/aromatic N) is 1. The third-order valence-corrected chi connectivity index (χ3v) is 4.50. The van der Waals surface area contributed by atoms with Gasteiger partial charge in [0.1, 0.15) is 16.5 Å². The molecule has 2 N–H and O–H groups in total. The van der Waals surface area contributed by atoms with Crippen LogP contribution >= 0.6 is 12.4 Å². The van der Waals surface area contributed by atoms with Crippen molar-refractivity contribution in [3.05, 3.63) is 29.8 Å². The summed E-state index contributed by atoms with van der Waals surface area (Å²) in [7, 11) is -2.79. The van der Waals surface area contributed by atoms with Gasteiger partial charge >= 0.3 is 0 Å². The zero-order chi connectivity index (χ0) is 13.2. The van der Waals surface area contributed by atoms with Crippen molar-refractivity contribution in [2.45, 2.75) is 17.9 Å². The molecule has 0 bridgehead atoms. The summed E-state index contributed by atoms with van der Waals surface area (Å²) in [5, 5.41) is 0. The molecule has 1 rings (SSSR count). The Morgan fingerprint density at radius 1 is 1.39 bits per heavy atom. The Labute approximate surface area is 111 Å². The van der Waals surface area contributed by atoms with Crippen LogP contribution in [0.3, 0.4) is 0 Å². The summed E-state index contributed by atoms with van der Waals surface area (Å²) in [5.41, 5.74) is 5.34. The third kappa shape index (κ3) is 3.38. The third-order valence-electron chi connectivity index (χ3n) is 2.51. The van der Waals surface area contributed by atoms with Crippen molar-refractivity contribution in [3.8, 4) is 0 Å². The Kier molecular flexibility index (Phi) is 6.15. The molecule has 0 heterocycles. The Hall–Kier alpha value is -0.760. The SMILES string of the molecule is CC(CN)N(C)S(=O)(=O)c1cc(F)ccc1F.Cl. The minimum atomic E-state index is -4.07. The minimum absolute atomic E-state index is 0. The van der Waals surface area contributed by atoms with Gasteiger partial charge in [-0.1, -0.05) is 0 Å². The molecular weight excluding hydrogens is 286 g/mol. The van der Waals surface area contributed by atoms with Crippen LogP contribution in [-0.4, -0.2) is 32.4 Å². The summed E-state index contributed by atoms with van der Waals surface area (Å²) in [6, 6.07) is 1.80. The van der Waals surface area contributed by atoms with E-state index in [-0.39, 0.29) is 19.0 Å². The Morgan fingerprint density at radius 3 is 2.44 bits per heavy atom. The molecule has 4 nitrogen and oxygen atoms in total. The molecule has 0 aliphatic rings. The van der Waals surface area contributed by atoms with Crippen molar-refractivity contribution in [2.75, 3.05) is 13.6 Å². The molecule has 0 aromatic heterocycles. The van der Waals surface area contributed by atoms with E-state index in [4.69, 9.17) is 5.73 Å². The van der Waals surface area contributed by atoms with Crippen LogP contribution in [0.5, 0.6) is 0 Å². The number of sulfonamides is 1. The van der Waals surface area contributed by atoms with Gasteiger partial charge in [-0.2, -0.15) is 4.31 Å². The number of hydrogen-bond acceptors (Lipinski definition) is 3. The van der Waals surface area contributed by atoms with E-state index in [9.17, 15) is 17.2 Å². The summed E-state index contributed by atoms with van der Waals surface area (Å²) in [6.45, 7) is 1.67. The van der Waals surface area contributed by atoms with Gasteiger partial charge in [0.25, 0.3) is 0 Å². The maximum atomic E-state index is 13.4. The zero-order valence-electron chi connectivity index (χ0n) is 9.93. The van der Waals surface area contributed by atoms with Gasteiger partial charge in [-0.3, -0.25) is 0 Å². The smallest absolute Gasteiger partial charge is 0.246 e. The van der Waals surface area contributed by atoms with Crippen molar-refractivity contribution in [1.82, 2.24) is 4.31 Å². The minimum Gasteiger partial charge on any atom is -0.329 e. The first kappa shape index (κ1) is 17.2. The molecule has 1 atom stereocenters. The standard InChI is InChI=1S/C10H14F2N2O2S.ClH/c1-7(6-13)14(2)17(15,16)10-5-8(11)3-4-9(10)12;/h3-5,7H,6,13H2,1-2H3;1H. The molecule has 0 aliphatic carbocycles. The largest absolute Gasteiger partial charge is 0.329 e. The fourth-order valence-electron chi connectivity index (χ4n) is 1.22. The summed E-state index contributed by atoms with van der Waals surface area (Å²) >= 11 is 0. The van der Waals surface area contributed by atoms with Crippen LogP contribution in [0.1, 0.15) is 6.92 Å². The highest BCUT2D eigenvalue weighted by atomic mass is 35.5. The Morgan fingerprint density at radius 2 is 1.94 bits per heavy atom. The maximum absolute atomic E-state index is 13.4. The summed E-state index contributed by atoms with van der Waals surface area (Å²) in [5.74, 6) is -1.79. The fourth-order valence-corrected chi connectivity index (χ4v) is 2.66. The summed E-state index contributed by atoms with van der Waals surface area (Å²) < 4.78 is 51.2. The number of benzene rings is 1. The van der Waals surface area contributed by atoms with Gasteiger partial charge in [0.15, 0.2) is 0 Å². The molecule has 18 heavy (non-hydrogen) atoms. The molecule has 1 aromatic rings. The van der Waals surface area contributed by atoms with Crippen LogP contribution in [0.4, 0.5) is 8.78 Å². The van der Waals surface area contributed by atoms with Gasteiger partial charge in [-0.25, -0.2) is 17.2 Å². The van der Waals surface area contributed by atoms with Crippen molar-refractivity contribution in [1.29, 1.82) is 0 Å². The van der Waals surface area contributed by atoms with Crippen LogP contribution in [0.15, 0.2) is 23.1 Å². The highest BCUT2D eigenvalue weighted by Crippen LogP contribution is 2.20. The van der Waals surface area contributed by atoms with E-state index in [1.165, 1.54) is 7.05 Å². The quantitative estimate of drug-likeness (QED) is 0.913. The Balaban J connectivity index is 0.00000289. The number of likely N-dealkylation sites (N-methyl/N-ethyl adjacent to an activating group) is 1. The van der Waals surface area contributed by atoms with E-state index < -0.39 is 32.6 Å². The zero-order valence-corrected chi connectivity index (χ0v) is 11.6. The lowest BCUT2D eigenvalue weighted by molar-refractivity contribution is 0.391. The van der Waals surface area contributed by atoms with E-state index in [1.54, 1.807) is 6.92 Å². The molecule has 104 valence electrons. The van der Waals surface area contributed by atoms with Crippen molar-refractivity contribution in [2.24, 2.45) is 5.73 Å². The predicted molar refractivity (Wildman–Crippen MR) is 67.1 cm³/mol. The molecule has 0 spiro atoms. The highest BCUT2D eigenvalue weighted by Gasteiger charge is 2.27. The molecule has 0 amide bonds. The average molecular weight is 301 g/mol. The van der Waals surface area contributed by atoms with Crippen molar-refractivity contribution < 1.29 is 17.2 Å². The number of hydrogen-bond donors (Lipinski definition) is 1. The first-order valence-electron chi connectivity index (χ1n) is 4.94. The van der Waals surface area contributed by atoms with Crippen LogP contribution in [0.25, 0.3) is 0 Å². The van der Waals surface area contributed by atoms with Gasteiger partial charge in [0, 0.05) is 19.6 Å². The molecule has 0 fully saturated rings. The van der Waals surface area contributed by atoms with E-state index in [1.807, 2.05) is 0 Å². The van der Waals surface area contributed by atoms with Gasteiger partial charge in [0.2, 0.25) is 10.0 Å². The molecule has 0 saturated heterocycles. The van der Waals surface area contributed by atoms with E-state index >= 15 is 0 Å². The monoisotopic (exact) mass is 300 g/mol. The number of nitrogens with two attached hydrogens (primary N) is 1. The van der Waals surface area contributed by atoms with Gasteiger partial charge in [-0.15, -0.1) is 12.4 Å². The lowest BCUT2D eigenvalue weighted by Crippen LogP contribution is -2.40. The molecule has 1 aromatic carbocycles. The number of rotatable bonds is 4. The van der Waals surface area contributed by atoms with Crippen LogP contribution in [0, 0.1) is 11.6 Å². The van der Waals surface area contributed by atoms with E-state index in [0.29, 0.717) is 6.07 Å². The average Bonchev–Trinajstić information content (AvgIpc) is 2.30. The second-order valence-corrected chi connectivity index (χ2v) is 5.65. The molecule has 0 radical (unpaired) electrons. The second-order valence-electron chi connectivity index (χ2n) is 3.68. The molecule has 0 aliphatic heterocycles. The Bertz CT molecular complexity index is 511. The molecule has 8 heteroatoms. The first-order valence-corrected chi connectivity index (χ1v) is 6.38. The van der Waals surface area contributed by atoms with Gasteiger partial charge in [0.05, 0.1) is 0 Å². The van der Waals surface area contributed by atoms with Crippen LogP contribution in [0.2, 0.25) is 0 Å². The normalized spacial score (nSPS) is 13.2. The van der Waals surface area contributed by atoms with Gasteiger partial charge < -0.3 is 5.73 Å². The molecule has 1 unspecified atom stereocenters. The summed E-state index contributed by atoms with van der Waals surface area (Å²) in [6.07, 6.45) is 0. The second kappa shape index (κ2) is 6.42. The molecule has 0 saturated carbocycles. The van der Waals surface area contributed by atoms with Crippen molar-refractivity contribution >= 4 is 22.4 Å². The lowest BCUT2D eigenvalue weighted by Gasteiger charge is -2.23. The molecular formula is C10H15ClF2N2O2S. The predicted octanol–water partition coefficient (Wildman–Crippen LogP) is 1.35. The van der Waals surface area contributed by atoms with Crippen molar-refractivity contribution in [3.63, 3.8) is 0 Å². The topological polar surface area (TPSA) is 63.4 Å². The van der Waals surface area contributed by atoms with Crippen LogP contribution < -0.4 is 5.73 Å². The highest BCUT2D eigenvalue weighted by molar-refractivity contribution is 7.89. The van der Waals surface area contributed by atoms with E-state index in [2.05, 4.69) is 0 Å². The van der Waals surface area contributed by atoms with Gasteiger partial charge in [-0.05, 0) is 25.1 Å². The van der Waals surface area contributed by atoms with Crippen LogP contribution in [-0.2, 0) is 10.0 Å². The maximum Gasteiger partial charge on any atom is 0.246 e. The first-order chi connectivity index (χ1) is 7.80. The fraction of sp³-hybridized carbons (Fsp3) is 0.400. The summed E-state index contributed by atoms with van der Waals surface area (Å²) in [4.78, 5) is -0.680. The van der Waals surface area contributed by atoms with E-state index in [0.717, 1.165) is 16.4 Å².